The number of aromatic nitrogens is 3. The minimum Gasteiger partial charge on any atom is -0.508 e. The fraction of sp³-hybridized carbons (Fsp3) is 0.308. The molecule has 0 aliphatic carbocycles. The van der Waals surface area contributed by atoms with Crippen LogP contribution in [0.5, 0.6) is 5.75 Å². The highest BCUT2D eigenvalue weighted by atomic mass is 16.8. The number of hydrogen-bond acceptors (Lipinski definition) is 7. The molecule has 2 fully saturated rings. The van der Waals surface area contributed by atoms with Crippen molar-refractivity contribution in [3.8, 4) is 16.9 Å². The summed E-state index contributed by atoms with van der Waals surface area (Å²) in [5.41, 5.74) is 3.57. The molecule has 2 saturated heterocycles. The van der Waals surface area contributed by atoms with E-state index in [0.29, 0.717) is 5.82 Å². The van der Waals surface area contributed by atoms with Crippen molar-refractivity contribution in [1.29, 1.82) is 0 Å². The fourth-order valence-electron chi connectivity index (χ4n) is 4.89. The zero-order valence-electron chi connectivity index (χ0n) is 19.2. The molecule has 0 radical (unpaired) electrons. The lowest BCUT2D eigenvalue weighted by molar-refractivity contribution is -0.194. The largest absolute Gasteiger partial charge is 0.508 e. The summed E-state index contributed by atoms with van der Waals surface area (Å²) < 4.78 is 20.8. The Bertz CT molecular complexity index is 1340. The Morgan fingerprint density at radius 3 is 2.47 bits per heavy atom. The first-order valence-electron chi connectivity index (χ1n) is 11.4. The molecule has 2 aliphatic heterocycles. The van der Waals surface area contributed by atoms with Crippen molar-refractivity contribution in [2.24, 2.45) is 0 Å². The Kier molecular flexibility index (Phi) is 4.84. The predicted octanol–water partition coefficient (Wildman–Crippen LogP) is 4.98. The molecule has 174 valence electrons. The van der Waals surface area contributed by atoms with Gasteiger partial charge in [-0.2, -0.15) is 0 Å². The Hall–Kier alpha value is -3.46. The first kappa shape index (κ1) is 21.1. The van der Waals surface area contributed by atoms with Gasteiger partial charge in [-0.25, -0.2) is 9.97 Å². The molecule has 2 aromatic carbocycles. The molecule has 8 heteroatoms. The summed E-state index contributed by atoms with van der Waals surface area (Å²) in [6.45, 7) is 5.87. The number of ether oxygens (including phenoxy) is 3. The number of hydrogen-bond donors (Lipinski definition) is 2. The Balaban J connectivity index is 1.51. The molecule has 0 spiro atoms. The zero-order chi connectivity index (χ0) is 23.4. The second kappa shape index (κ2) is 7.80. The SMILES string of the molecule is C[C@H]1O[C@@H](n2cc(-c3ccccc3)c3c(Nc4ccc(O)cc4)ncnc32)[C@@H]2OC(C)(C)O[C@@H]21. The van der Waals surface area contributed by atoms with Crippen LogP contribution >= 0.6 is 0 Å². The molecule has 0 saturated carbocycles. The molecular formula is C26H26N4O4. The normalized spacial score (nSPS) is 25.5. The van der Waals surface area contributed by atoms with Crippen molar-refractivity contribution in [2.45, 2.75) is 51.1 Å². The quantitative estimate of drug-likeness (QED) is 0.417. The van der Waals surface area contributed by atoms with E-state index in [1.807, 2.05) is 43.5 Å². The van der Waals surface area contributed by atoms with Gasteiger partial charge >= 0.3 is 0 Å². The van der Waals surface area contributed by atoms with E-state index in [1.165, 1.54) is 0 Å². The maximum absolute atomic E-state index is 9.65. The maximum Gasteiger partial charge on any atom is 0.164 e. The summed E-state index contributed by atoms with van der Waals surface area (Å²) in [5, 5.41) is 13.9. The van der Waals surface area contributed by atoms with Crippen LogP contribution in [0.4, 0.5) is 11.5 Å². The number of anilines is 2. The summed E-state index contributed by atoms with van der Waals surface area (Å²) in [6.07, 6.45) is 2.68. The van der Waals surface area contributed by atoms with Crippen molar-refractivity contribution in [3.05, 3.63) is 67.1 Å². The number of phenolic OH excluding ortho intramolecular Hbond substituents is 1. The molecule has 2 N–H and O–H groups in total. The maximum atomic E-state index is 9.65. The van der Waals surface area contributed by atoms with E-state index in [4.69, 9.17) is 14.2 Å². The number of nitrogens with zero attached hydrogens (tertiary/aromatic N) is 3. The number of nitrogens with one attached hydrogen (secondary N) is 1. The molecule has 0 bridgehead atoms. The van der Waals surface area contributed by atoms with Crippen LogP contribution in [0.3, 0.4) is 0 Å². The van der Waals surface area contributed by atoms with E-state index in [0.717, 1.165) is 27.8 Å². The monoisotopic (exact) mass is 458 g/mol. The smallest absolute Gasteiger partial charge is 0.164 e. The molecule has 4 heterocycles. The summed E-state index contributed by atoms with van der Waals surface area (Å²) >= 11 is 0. The van der Waals surface area contributed by atoms with Gasteiger partial charge in [0.25, 0.3) is 0 Å². The van der Waals surface area contributed by atoms with Gasteiger partial charge in [-0.05, 0) is 50.6 Å². The predicted molar refractivity (Wildman–Crippen MR) is 128 cm³/mol. The molecule has 6 rings (SSSR count). The van der Waals surface area contributed by atoms with Crippen molar-refractivity contribution in [1.82, 2.24) is 14.5 Å². The van der Waals surface area contributed by atoms with Crippen LogP contribution in [0.1, 0.15) is 27.0 Å². The van der Waals surface area contributed by atoms with Gasteiger partial charge in [0, 0.05) is 17.4 Å². The van der Waals surface area contributed by atoms with Gasteiger partial charge in [-0.1, -0.05) is 30.3 Å². The van der Waals surface area contributed by atoms with Crippen molar-refractivity contribution < 1.29 is 19.3 Å². The average molecular weight is 459 g/mol. The Morgan fingerprint density at radius 2 is 1.71 bits per heavy atom. The van der Waals surface area contributed by atoms with Crippen molar-refractivity contribution in [3.63, 3.8) is 0 Å². The molecule has 8 nitrogen and oxygen atoms in total. The first-order valence-corrected chi connectivity index (χ1v) is 11.4. The lowest BCUT2D eigenvalue weighted by Crippen LogP contribution is -2.27. The second-order valence-electron chi connectivity index (χ2n) is 9.21. The third-order valence-corrected chi connectivity index (χ3v) is 6.36. The fourth-order valence-corrected chi connectivity index (χ4v) is 4.89. The van der Waals surface area contributed by atoms with Crippen LogP contribution < -0.4 is 5.32 Å². The van der Waals surface area contributed by atoms with Gasteiger partial charge in [0.15, 0.2) is 12.0 Å². The van der Waals surface area contributed by atoms with Crippen LogP contribution in [-0.2, 0) is 14.2 Å². The number of phenols is 1. The molecule has 4 atom stereocenters. The lowest BCUT2D eigenvalue weighted by Gasteiger charge is -2.24. The third kappa shape index (κ3) is 3.51. The van der Waals surface area contributed by atoms with E-state index in [-0.39, 0.29) is 24.1 Å². The minimum atomic E-state index is -0.669. The zero-order valence-corrected chi connectivity index (χ0v) is 19.2. The summed E-state index contributed by atoms with van der Waals surface area (Å²) in [7, 11) is 0. The highest BCUT2D eigenvalue weighted by Gasteiger charge is 2.54. The van der Waals surface area contributed by atoms with Crippen molar-refractivity contribution in [2.75, 3.05) is 5.32 Å². The minimum absolute atomic E-state index is 0.120. The first-order chi connectivity index (χ1) is 16.4. The highest BCUT2D eigenvalue weighted by Crippen LogP contribution is 2.45. The molecular weight excluding hydrogens is 432 g/mol. The summed E-state index contributed by atoms with van der Waals surface area (Å²) in [6, 6.07) is 17.0. The van der Waals surface area contributed by atoms with E-state index in [2.05, 4.69) is 33.6 Å². The van der Waals surface area contributed by atoms with Gasteiger partial charge in [0.1, 0.15) is 35.7 Å². The van der Waals surface area contributed by atoms with E-state index in [1.54, 1.807) is 30.6 Å². The lowest BCUT2D eigenvalue weighted by atomic mass is 10.1. The number of aromatic hydroxyl groups is 1. The van der Waals surface area contributed by atoms with E-state index in [9.17, 15) is 5.11 Å². The van der Waals surface area contributed by atoms with Crippen LogP contribution in [0.15, 0.2) is 67.1 Å². The van der Waals surface area contributed by atoms with Gasteiger partial charge in [-0.15, -0.1) is 0 Å². The van der Waals surface area contributed by atoms with Crippen LogP contribution in [0.25, 0.3) is 22.2 Å². The number of benzene rings is 2. The molecule has 4 aromatic rings. The number of fused-ring (bicyclic) bond motifs is 2. The van der Waals surface area contributed by atoms with Gasteiger partial charge in [0.05, 0.1) is 11.5 Å². The van der Waals surface area contributed by atoms with E-state index >= 15 is 0 Å². The third-order valence-electron chi connectivity index (χ3n) is 6.36. The molecule has 0 amide bonds. The van der Waals surface area contributed by atoms with Gasteiger partial charge in [0.2, 0.25) is 0 Å². The average Bonchev–Trinajstić information content (AvgIpc) is 3.46. The highest BCUT2D eigenvalue weighted by molar-refractivity contribution is 6.02. The Morgan fingerprint density at radius 1 is 0.971 bits per heavy atom. The standard InChI is InChI=1S/C26H26N4O4/c1-15-21-22(34-26(2,3)33-21)25(32-15)30-13-19(16-7-5-4-6-8-16)20-23(27-14-28-24(20)30)29-17-9-11-18(31)12-10-17/h4-15,21-22,25,31H,1-3H3,(H,27,28,29)/t15-,21-,22-,25-/m1/s1. The number of rotatable bonds is 4. The molecule has 0 unspecified atom stereocenters. The molecule has 34 heavy (non-hydrogen) atoms. The topological polar surface area (TPSA) is 90.7 Å². The second-order valence-corrected chi connectivity index (χ2v) is 9.21. The van der Waals surface area contributed by atoms with Crippen LogP contribution in [0, 0.1) is 0 Å². The van der Waals surface area contributed by atoms with Crippen LogP contribution in [0.2, 0.25) is 0 Å². The molecule has 2 aromatic heterocycles. The van der Waals surface area contributed by atoms with Crippen molar-refractivity contribution >= 4 is 22.5 Å². The van der Waals surface area contributed by atoms with E-state index < -0.39 is 12.0 Å². The van der Waals surface area contributed by atoms with Gasteiger partial charge in [-0.3, -0.25) is 0 Å². The Labute approximate surface area is 197 Å². The van der Waals surface area contributed by atoms with Crippen LogP contribution in [-0.4, -0.2) is 43.7 Å². The molecule has 2 aliphatic rings. The van der Waals surface area contributed by atoms with Gasteiger partial charge < -0.3 is 29.2 Å². The summed E-state index contributed by atoms with van der Waals surface area (Å²) in [5.74, 6) is 0.204. The summed E-state index contributed by atoms with van der Waals surface area (Å²) in [4.78, 5) is 9.22.